The molecule has 0 spiro atoms. The second kappa shape index (κ2) is 5.61. The number of aromatic nitrogens is 2. The molecule has 0 aliphatic carbocycles. The molecule has 0 saturated carbocycles. The van der Waals surface area contributed by atoms with Crippen LogP contribution in [0.4, 0.5) is 4.39 Å². The maximum Gasteiger partial charge on any atom is 0.228 e. The van der Waals surface area contributed by atoms with Gasteiger partial charge in [-0.2, -0.15) is 4.98 Å². The average molecular weight is 342 g/mol. The van der Waals surface area contributed by atoms with E-state index >= 15 is 0 Å². The molecule has 20 heavy (non-hydrogen) atoms. The molecule has 0 bridgehead atoms. The Morgan fingerprint density at radius 1 is 1.40 bits per heavy atom. The van der Waals surface area contributed by atoms with Gasteiger partial charge in [0.25, 0.3) is 0 Å². The van der Waals surface area contributed by atoms with E-state index in [1.165, 1.54) is 6.07 Å². The van der Waals surface area contributed by atoms with Crippen LogP contribution in [0.3, 0.4) is 0 Å². The number of halogens is 2. The number of benzene rings is 1. The first-order chi connectivity index (χ1) is 9.27. The Morgan fingerprint density at radius 2 is 2.10 bits per heavy atom. The molecule has 1 atom stereocenters. The van der Waals surface area contributed by atoms with Gasteiger partial charge in [-0.15, -0.1) is 0 Å². The van der Waals surface area contributed by atoms with E-state index in [0.717, 1.165) is 0 Å². The minimum absolute atomic E-state index is 0.0342. The lowest BCUT2D eigenvalue weighted by molar-refractivity contribution is 0.286. The highest BCUT2D eigenvalue weighted by Gasteiger charge is 2.23. The van der Waals surface area contributed by atoms with E-state index in [4.69, 9.17) is 10.3 Å². The van der Waals surface area contributed by atoms with Crippen LogP contribution >= 0.6 is 15.9 Å². The molecular formula is C14H17BrFN3O. The summed E-state index contributed by atoms with van der Waals surface area (Å²) in [4.78, 5) is 4.30. The lowest BCUT2D eigenvalue weighted by Gasteiger charge is -2.25. The zero-order valence-electron chi connectivity index (χ0n) is 11.7. The van der Waals surface area contributed by atoms with Crippen molar-refractivity contribution in [1.82, 2.24) is 10.1 Å². The number of nitrogens with zero attached hydrogens (tertiary/aromatic N) is 2. The summed E-state index contributed by atoms with van der Waals surface area (Å²) >= 11 is 3.14. The monoisotopic (exact) mass is 341 g/mol. The van der Waals surface area contributed by atoms with Crippen molar-refractivity contribution in [3.8, 4) is 11.4 Å². The Kier molecular flexibility index (Phi) is 4.25. The predicted molar refractivity (Wildman–Crippen MR) is 78.5 cm³/mol. The van der Waals surface area contributed by atoms with Gasteiger partial charge in [0.15, 0.2) is 0 Å². The maximum atomic E-state index is 13.2. The largest absolute Gasteiger partial charge is 0.339 e. The van der Waals surface area contributed by atoms with E-state index in [2.05, 4.69) is 46.8 Å². The first-order valence-corrected chi connectivity index (χ1v) is 7.10. The normalized spacial score (nSPS) is 13.5. The molecule has 2 N–H and O–H groups in total. The zero-order chi connectivity index (χ0) is 14.9. The Bertz CT molecular complexity index is 607. The van der Waals surface area contributed by atoms with E-state index < -0.39 is 0 Å². The molecule has 0 aliphatic rings. The third kappa shape index (κ3) is 3.43. The SMILES string of the molecule is CC(C)(C)C(N)Cc1nc(-c2ccc(F)c(Br)c2)no1. The lowest BCUT2D eigenvalue weighted by Crippen LogP contribution is -2.36. The summed E-state index contributed by atoms with van der Waals surface area (Å²) in [6.07, 6.45) is 0.513. The van der Waals surface area contributed by atoms with Gasteiger partial charge in [0.05, 0.1) is 4.47 Å². The fourth-order valence-corrected chi connectivity index (χ4v) is 1.96. The van der Waals surface area contributed by atoms with Crippen molar-refractivity contribution < 1.29 is 8.91 Å². The molecule has 108 valence electrons. The van der Waals surface area contributed by atoms with Gasteiger partial charge in [-0.1, -0.05) is 25.9 Å². The lowest BCUT2D eigenvalue weighted by atomic mass is 9.85. The average Bonchev–Trinajstić information content (AvgIpc) is 2.80. The first kappa shape index (κ1) is 15.1. The van der Waals surface area contributed by atoms with E-state index in [1.54, 1.807) is 12.1 Å². The summed E-state index contributed by atoms with van der Waals surface area (Å²) in [5, 5.41) is 3.91. The van der Waals surface area contributed by atoms with Gasteiger partial charge >= 0.3 is 0 Å². The number of nitrogens with two attached hydrogens (primary N) is 1. The van der Waals surface area contributed by atoms with Gasteiger partial charge in [0, 0.05) is 18.0 Å². The van der Waals surface area contributed by atoms with Gasteiger partial charge < -0.3 is 10.3 Å². The van der Waals surface area contributed by atoms with Gasteiger partial charge in [-0.25, -0.2) is 4.39 Å². The van der Waals surface area contributed by atoms with Crippen molar-refractivity contribution in [2.45, 2.75) is 33.2 Å². The molecular weight excluding hydrogens is 325 g/mol. The molecule has 0 saturated heterocycles. The van der Waals surface area contributed by atoms with Crippen LogP contribution in [0, 0.1) is 11.2 Å². The summed E-state index contributed by atoms with van der Waals surface area (Å²) in [6, 6.07) is 4.51. The zero-order valence-corrected chi connectivity index (χ0v) is 13.2. The Hall–Kier alpha value is -1.27. The third-order valence-corrected chi connectivity index (χ3v) is 3.76. The molecule has 0 aliphatic heterocycles. The minimum atomic E-state index is -0.327. The highest BCUT2D eigenvalue weighted by molar-refractivity contribution is 9.10. The van der Waals surface area contributed by atoms with Gasteiger partial charge in [-0.3, -0.25) is 0 Å². The smallest absolute Gasteiger partial charge is 0.228 e. The van der Waals surface area contributed by atoms with Crippen LogP contribution in [0.5, 0.6) is 0 Å². The van der Waals surface area contributed by atoms with Gasteiger partial charge in [0.1, 0.15) is 5.82 Å². The van der Waals surface area contributed by atoms with Crippen molar-refractivity contribution in [3.05, 3.63) is 34.4 Å². The quantitative estimate of drug-likeness (QED) is 0.926. The molecule has 1 aromatic carbocycles. The molecule has 1 heterocycles. The minimum Gasteiger partial charge on any atom is -0.339 e. The van der Waals surface area contributed by atoms with E-state index in [1.807, 2.05) is 0 Å². The second-order valence-corrected chi connectivity index (χ2v) is 6.67. The standard InChI is InChI=1S/C14H17BrFN3O/c1-14(2,3)11(17)7-12-18-13(19-20-12)8-4-5-10(16)9(15)6-8/h4-6,11H,7,17H2,1-3H3. The van der Waals surface area contributed by atoms with E-state index in [9.17, 15) is 4.39 Å². The molecule has 0 amide bonds. The maximum absolute atomic E-state index is 13.2. The topological polar surface area (TPSA) is 64.9 Å². The molecule has 4 nitrogen and oxygen atoms in total. The molecule has 0 radical (unpaired) electrons. The second-order valence-electron chi connectivity index (χ2n) is 5.82. The molecule has 1 aromatic heterocycles. The van der Waals surface area contributed by atoms with Crippen LogP contribution in [0.15, 0.2) is 27.2 Å². The van der Waals surface area contributed by atoms with Gasteiger partial charge in [0.2, 0.25) is 11.7 Å². The molecule has 0 fully saturated rings. The molecule has 1 unspecified atom stereocenters. The van der Waals surface area contributed by atoms with Crippen LogP contribution in [-0.2, 0) is 6.42 Å². The van der Waals surface area contributed by atoms with Crippen LogP contribution < -0.4 is 5.73 Å². The first-order valence-electron chi connectivity index (χ1n) is 6.31. The van der Waals surface area contributed by atoms with E-state index in [-0.39, 0.29) is 17.3 Å². The third-order valence-electron chi connectivity index (χ3n) is 3.15. The number of hydrogen-bond donors (Lipinski definition) is 1. The molecule has 6 heteroatoms. The highest BCUT2D eigenvalue weighted by atomic mass is 79.9. The fourth-order valence-electron chi connectivity index (χ4n) is 1.58. The van der Waals surface area contributed by atoms with Crippen molar-refractivity contribution in [3.63, 3.8) is 0 Å². The Labute approximate surface area is 125 Å². The Balaban J connectivity index is 2.18. The summed E-state index contributed by atoms with van der Waals surface area (Å²) in [6.45, 7) is 6.18. The van der Waals surface area contributed by atoms with Gasteiger partial charge in [-0.05, 0) is 39.5 Å². The molecule has 2 rings (SSSR count). The van der Waals surface area contributed by atoms with Crippen LogP contribution in [0.2, 0.25) is 0 Å². The number of hydrogen-bond acceptors (Lipinski definition) is 4. The Morgan fingerprint density at radius 3 is 2.70 bits per heavy atom. The summed E-state index contributed by atoms with van der Waals surface area (Å²) in [7, 11) is 0. The van der Waals surface area contributed by atoms with Crippen LogP contribution in [-0.4, -0.2) is 16.2 Å². The van der Waals surface area contributed by atoms with Crippen molar-refractivity contribution in [2.75, 3.05) is 0 Å². The fraction of sp³-hybridized carbons (Fsp3) is 0.429. The number of rotatable bonds is 3. The van der Waals surface area contributed by atoms with Crippen molar-refractivity contribution >= 4 is 15.9 Å². The highest BCUT2D eigenvalue weighted by Crippen LogP contribution is 2.24. The van der Waals surface area contributed by atoms with Crippen molar-refractivity contribution in [2.24, 2.45) is 11.1 Å². The van der Waals surface area contributed by atoms with Crippen LogP contribution in [0.1, 0.15) is 26.7 Å². The predicted octanol–water partition coefficient (Wildman–Crippen LogP) is 3.55. The molecule has 2 aromatic rings. The summed E-state index contributed by atoms with van der Waals surface area (Å²) in [5.41, 5.74) is 6.75. The summed E-state index contributed by atoms with van der Waals surface area (Å²) in [5.74, 6) is 0.594. The summed E-state index contributed by atoms with van der Waals surface area (Å²) < 4.78 is 18.8. The van der Waals surface area contributed by atoms with Crippen molar-refractivity contribution in [1.29, 1.82) is 0 Å². The van der Waals surface area contributed by atoms with E-state index in [0.29, 0.717) is 28.2 Å². The van der Waals surface area contributed by atoms with Crippen LogP contribution in [0.25, 0.3) is 11.4 Å².